The zero-order valence-corrected chi connectivity index (χ0v) is 17.9. The van der Waals surface area contributed by atoms with Gasteiger partial charge in [0.15, 0.2) is 0 Å². The minimum Gasteiger partial charge on any atom is -0.378 e. The number of hydrogen-bond donors (Lipinski definition) is 2. The fraction of sp³-hybridized carbons (Fsp3) is 0.200. The molecule has 0 fully saturated rings. The van der Waals surface area contributed by atoms with Gasteiger partial charge in [0.1, 0.15) is 5.82 Å². The van der Waals surface area contributed by atoms with Crippen LogP contribution in [-0.2, 0) is 10.0 Å². The molecule has 0 bridgehead atoms. The maximum absolute atomic E-state index is 13.1. The normalized spacial score (nSPS) is 21.8. The number of nitrogens with one attached hydrogen (secondary N) is 2. The van der Waals surface area contributed by atoms with Gasteiger partial charge in [-0.1, -0.05) is 42.0 Å². The highest BCUT2D eigenvalue weighted by atomic mass is 32.2. The third kappa shape index (κ3) is 3.72. The van der Waals surface area contributed by atoms with Gasteiger partial charge in [-0.3, -0.25) is 4.72 Å². The van der Waals surface area contributed by atoms with Crippen LogP contribution in [0.1, 0.15) is 35.1 Å². The van der Waals surface area contributed by atoms with E-state index < -0.39 is 15.8 Å². The minimum absolute atomic E-state index is 0.155. The van der Waals surface area contributed by atoms with Crippen molar-refractivity contribution < 1.29 is 12.8 Å². The van der Waals surface area contributed by atoms with Crippen LogP contribution < -0.4 is 10.0 Å². The average Bonchev–Trinajstić information content (AvgIpc) is 3.24. The molecule has 3 atom stereocenters. The summed E-state index contributed by atoms with van der Waals surface area (Å²) in [6, 6.07) is 19.2. The third-order valence-corrected chi connectivity index (χ3v) is 7.52. The Morgan fingerprint density at radius 3 is 2.61 bits per heavy atom. The Morgan fingerprint density at radius 1 is 1.03 bits per heavy atom. The second kappa shape index (κ2) is 7.54. The Kier molecular flexibility index (Phi) is 4.82. The average molecular weight is 435 g/mol. The number of benzene rings is 3. The van der Waals surface area contributed by atoms with Gasteiger partial charge in [0.05, 0.1) is 10.9 Å². The fourth-order valence-electron chi connectivity index (χ4n) is 4.67. The van der Waals surface area contributed by atoms with Gasteiger partial charge in [-0.05, 0) is 72.9 Å². The summed E-state index contributed by atoms with van der Waals surface area (Å²) in [5, 5.41) is 3.65. The molecule has 0 saturated carbocycles. The summed E-state index contributed by atoms with van der Waals surface area (Å²) in [7, 11) is -3.78. The molecule has 0 aromatic heterocycles. The molecule has 3 aromatic carbocycles. The highest BCUT2D eigenvalue weighted by Gasteiger charge is 2.38. The lowest BCUT2D eigenvalue weighted by Gasteiger charge is -2.37. The lowest BCUT2D eigenvalue weighted by molar-refractivity contribution is 0.425. The van der Waals surface area contributed by atoms with E-state index in [1.165, 1.54) is 35.4 Å². The van der Waals surface area contributed by atoms with E-state index in [0.29, 0.717) is 11.6 Å². The largest absolute Gasteiger partial charge is 0.378 e. The first-order chi connectivity index (χ1) is 14.9. The predicted octanol–water partition coefficient (Wildman–Crippen LogP) is 5.76. The molecule has 1 aliphatic carbocycles. The molecule has 0 saturated heterocycles. The molecule has 5 rings (SSSR count). The smallest absolute Gasteiger partial charge is 0.261 e. The standard InChI is InChI=1S/C25H23FN2O2S/c1-16-4-2-5-17(14-16)25-22-7-3-6-21(22)23-15-20(12-13-24(23)27-25)31(29,30)28-19-10-8-18(26)9-11-19/h2-6,8-15,21-22,25,27-28H,7H2,1H3/t21-,22+,25+/m0/s1. The SMILES string of the molecule is Cc1cccc([C@H]2Nc3ccc(S(=O)(=O)Nc4ccc(F)cc4)cc3[C@H]3C=CC[C@H]32)c1. The number of allylic oxidation sites excluding steroid dienone is 2. The van der Waals surface area contributed by atoms with E-state index in [4.69, 9.17) is 0 Å². The van der Waals surface area contributed by atoms with E-state index in [1.54, 1.807) is 12.1 Å². The molecule has 0 amide bonds. The molecular formula is C25H23FN2O2S. The number of aryl methyl sites for hydroxylation is 1. The first kappa shape index (κ1) is 19.8. The van der Waals surface area contributed by atoms with Gasteiger partial charge in [-0.25, -0.2) is 12.8 Å². The van der Waals surface area contributed by atoms with E-state index in [1.807, 2.05) is 6.07 Å². The molecular weight excluding hydrogens is 411 g/mol. The number of fused-ring (bicyclic) bond motifs is 3. The number of hydrogen-bond acceptors (Lipinski definition) is 3. The van der Waals surface area contributed by atoms with E-state index in [9.17, 15) is 12.8 Å². The molecule has 6 heteroatoms. The third-order valence-electron chi connectivity index (χ3n) is 6.14. The molecule has 2 N–H and O–H groups in total. The van der Waals surface area contributed by atoms with Gasteiger partial charge in [0.25, 0.3) is 10.0 Å². The summed E-state index contributed by atoms with van der Waals surface area (Å²) in [6.45, 7) is 2.09. The van der Waals surface area contributed by atoms with Crippen molar-refractivity contribution in [3.63, 3.8) is 0 Å². The zero-order valence-electron chi connectivity index (χ0n) is 17.0. The molecule has 3 aromatic rings. The van der Waals surface area contributed by atoms with Crippen LogP contribution in [0.5, 0.6) is 0 Å². The zero-order chi connectivity index (χ0) is 21.6. The molecule has 1 heterocycles. The number of halogens is 1. The summed E-state index contributed by atoms with van der Waals surface area (Å²) in [5.74, 6) is 0.0741. The lowest BCUT2D eigenvalue weighted by atomic mass is 9.77. The van der Waals surface area contributed by atoms with Gasteiger partial charge in [0.2, 0.25) is 0 Å². The monoisotopic (exact) mass is 434 g/mol. The Bertz CT molecular complexity index is 1270. The van der Waals surface area contributed by atoms with E-state index in [0.717, 1.165) is 17.7 Å². The predicted molar refractivity (Wildman–Crippen MR) is 121 cm³/mol. The molecule has 0 unspecified atom stereocenters. The van der Waals surface area contributed by atoms with Crippen LogP contribution in [0.2, 0.25) is 0 Å². The summed E-state index contributed by atoms with van der Waals surface area (Å²) in [4.78, 5) is 0.199. The van der Waals surface area contributed by atoms with Gasteiger partial charge in [-0.2, -0.15) is 0 Å². The topological polar surface area (TPSA) is 58.2 Å². The molecule has 0 spiro atoms. The maximum atomic E-state index is 13.1. The van der Waals surface area contributed by atoms with Crippen molar-refractivity contribution in [2.45, 2.75) is 30.2 Å². The summed E-state index contributed by atoms with van der Waals surface area (Å²) >= 11 is 0. The molecule has 2 aliphatic rings. The van der Waals surface area contributed by atoms with Crippen molar-refractivity contribution in [3.05, 3.63) is 101 Å². The van der Waals surface area contributed by atoms with E-state index >= 15 is 0 Å². The van der Waals surface area contributed by atoms with E-state index in [-0.39, 0.29) is 16.9 Å². The quantitative estimate of drug-likeness (QED) is 0.513. The van der Waals surface area contributed by atoms with Crippen molar-refractivity contribution in [3.8, 4) is 0 Å². The first-order valence-corrected chi connectivity index (χ1v) is 11.8. The van der Waals surface area contributed by atoms with Crippen LogP contribution in [0.3, 0.4) is 0 Å². The Hall–Kier alpha value is -3.12. The van der Waals surface area contributed by atoms with Crippen LogP contribution in [0.25, 0.3) is 0 Å². The van der Waals surface area contributed by atoms with Gasteiger partial charge >= 0.3 is 0 Å². The summed E-state index contributed by atoms with van der Waals surface area (Å²) < 4.78 is 41.6. The molecule has 158 valence electrons. The molecule has 4 nitrogen and oxygen atoms in total. The van der Waals surface area contributed by atoms with Gasteiger partial charge in [0, 0.05) is 17.3 Å². The van der Waals surface area contributed by atoms with Crippen molar-refractivity contribution in [2.24, 2.45) is 5.92 Å². The van der Waals surface area contributed by atoms with Crippen molar-refractivity contribution in [1.82, 2.24) is 0 Å². The van der Waals surface area contributed by atoms with Gasteiger partial charge in [-0.15, -0.1) is 0 Å². The van der Waals surface area contributed by atoms with Crippen LogP contribution in [0, 0.1) is 18.7 Å². The summed E-state index contributed by atoms with van der Waals surface area (Å²) in [6.07, 6.45) is 5.32. The second-order valence-electron chi connectivity index (χ2n) is 8.25. The Morgan fingerprint density at radius 2 is 1.84 bits per heavy atom. The highest BCUT2D eigenvalue weighted by molar-refractivity contribution is 7.92. The van der Waals surface area contributed by atoms with Crippen LogP contribution in [-0.4, -0.2) is 8.42 Å². The number of anilines is 2. The van der Waals surface area contributed by atoms with Crippen molar-refractivity contribution in [2.75, 3.05) is 10.0 Å². The molecule has 0 radical (unpaired) electrons. The van der Waals surface area contributed by atoms with Crippen molar-refractivity contribution >= 4 is 21.4 Å². The van der Waals surface area contributed by atoms with Crippen LogP contribution >= 0.6 is 0 Å². The molecule has 31 heavy (non-hydrogen) atoms. The van der Waals surface area contributed by atoms with Crippen LogP contribution in [0.4, 0.5) is 15.8 Å². The number of rotatable bonds is 4. The number of sulfonamides is 1. The Balaban J connectivity index is 1.49. The maximum Gasteiger partial charge on any atom is 0.261 e. The van der Waals surface area contributed by atoms with Gasteiger partial charge < -0.3 is 5.32 Å². The highest BCUT2D eigenvalue weighted by Crippen LogP contribution is 2.50. The lowest BCUT2D eigenvalue weighted by Crippen LogP contribution is -2.29. The fourth-order valence-corrected chi connectivity index (χ4v) is 5.76. The first-order valence-electron chi connectivity index (χ1n) is 10.3. The Labute approximate surface area is 181 Å². The van der Waals surface area contributed by atoms with Crippen molar-refractivity contribution in [1.29, 1.82) is 0 Å². The minimum atomic E-state index is -3.78. The van der Waals surface area contributed by atoms with Crippen LogP contribution in [0.15, 0.2) is 83.8 Å². The molecule has 1 aliphatic heterocycles. The summed E-state index contributed by atoms with van der Waals surface area (Å²) in [5.41, 5.74) is 4.75. The second-order valence-corrected chi connectivity index (χ2v) is 9.93. The van der Waals surface area contributed by atoms with E-state index in [2.05, 4.69) is 53.4 Å².